The van der Waals surface area contributed by atoms with Gasteiger partial charge in [-0.3, -0.25) is 0 Å². The topological polar surface area (TPSA) is 35.8 Å². The maximum absolute atomic E-state index is 8.82. The van der Waals surface area contributed by atoms with Crippen LogP contribution in [0.5, 0.6) is 0 Å². The third-order valence-corrected chi connectivity index (χ3v) is 3.24. The van der Waals surface area contributed by atoms with Crippen LogP contribution in [0.15, 0.2) is 18.2 Å². The van der Waals surface area contributed by atoms with E-state index in [2.05, 4.69) is 11.4 Å². The van der Waals surface area contributed by atoms with Crippen molar-refractivity contribution in [1.82, 2.24) is 0 Å². The molecule has 0 bridgehead atoms. The highest BCUT2D eigenvalue weighted by atomic mass is 35.5. The second-order valence-electron chi connectivity index (χ2n) is 3.98. The van der Waals surface area contributed by atoms with E-state index in [1.54, 1.807) is 12.1 Å². The smallest absolute Gasteiger partial charge is 0.101 e. The Kier molecular flexibility index (Phi) is 3.13. The van der Waals surface area contributed by atoms with Crippen LogP contribution in [0.3, 0.4) is 0 Å². The molecule has 0 aromatic heterocycles. The summed E-state index contributed by atoms with van der Waals surface area (Å²) in [6.07, 6.45) is 4.01. The van der Waals surface area contributed by atoms with Crippen molar-refractivity contribution in [3.05, 3.63) is 28.8 Å². The lowest BCUT2D eigenvalue weighted by molar-refractivity contribution is 0.333. The second kappa shape index (κ2) is 4.55. The average molecular weight is 221 g/mol. The van der Waals surface area contributed by atoms with E-state index in [0.717, 1.165) is 18.2 Å². The van der Waals surface area contributed by atoms with Gasteiger partial charge in [0, 0.05) is 12.2 Å². The average Bonchev–Trinajstić information content (AvgIpc) is 2.18. The zero-order chi connectivity index (χ0) is 10.7. The first kappa shape index (κ1) is 10.3. The Morgan fingerprint density at radius 3 is 2.87 bits per heavy atom. The number of benzene rings is 1. The lowest BCUT2D eigenvalue weighted by atomic mass is 9.85. The number of hydrogen-bond acceptors (Lipinski definition) is 2. The van der Waals surface area contributed by atoms with Crippen LogP contribution < -0.4 is 5.32 Å². The molecule has 1 fully saturated rings. The molecule has 1 aliphatic carbocycles. The van der Waals surface area contributed by atoms with Crippen LogP contribution in [0, 0.1) is 17.2 Å². The van der Waals surface area contributed by atoms with Gasteiger partial charge in [0.15, 0.2) is 0 Å². The summed E-state index contributed by atoms with van der Waals surface area (Å²) < 4.78 is 0. The van der Waals surface area contributed by atoms with Gasteiger partial charge >= 0.3 is 0 Å². The molecule has 0 aliphatic heterocycles. The Balaban J connectivity index is 1.99. The molecule has 15 heavy (non-hydrogen) atoms. The molecule has 1 aromatic rings. The summed E-state index contributed by atoms with van der Waals surface area (Å²) in [5.41, 5.74) is 1.53. The minimum atomic E-state index is 0.520. The van der Waals surface area contributed by atoms with Crippen molar-refractivity contribution in [2.75, 3.05) is 11.9 Å². The molecular formula is C12H13ClN2. The highest BCUT2D eigenvalue weighted by Gasteiger charge is 2.16. The number of anilines is 1. The monoisotopic (exact) mass is 220 g/mol. The van der Waals surface area contributed by atoms with Crippen LogP contribution in [0.1, 0.15) is 24.8 Å². The summed E-state index contributed by atoms with van der Waals surface area (Å²) in [5, 5.41) is 12.7. The molecule has 3 heteroatoms. The van der Waals surface area contributed by atoms with Gasteiger partial charge in [0.1, 0.15) is 6.07 Å². The summed E-state index contributed by atoms with van der Waals surface area (Å²) in [4.78, 5) is 0. The van der Waals surface area contributed by atoms with Crippen molar-refractivity contribution in [2.24, 2.45) is 5.92 Å². The molecule has 1 aromatic carbocycles. The Morgan fingerprint density at radius 2 is 2.27 bits per heavy atom. The van der Waals surface area contributed by atoms with Crippen LogP contribution in [-0.2, 0) is 0 Å². The van der Waals surface area contributed by atoms with E-state index in [0.29, 0.717) is 10.6 Å². The molecule has 0 atom stereocenters. The summed E-state index contributed by atoms with van der Waals surface area (Å²) in [7, 11) is 0. The summed E-state index contributed by atoms with van der Waals surface area (Å²) in [6.45, 7) is 1.01. The van der Waals surface area contributed by atoms with E-state index < -0.39 is 0 Å². The molecule has 2 rings (SSSR count). The lowest BCUT2D eigenvalue weighted by Gasteiger charge is -2.25. The molecule has 0 unspecified atom stereocenters. The van der Waals surface area contributed by atoms with Crippen molar-refractivity contribution in [3.8, 4) is 6.07 Å². The van der Waals surface area contributed by atoms with Crippen molar-refractivity contribution in [3.63, 3.8) is 0 Å². The fraction of sp³-hybridized carbons (Fsp3) is 0.417. The molecule has 78 valence electrons. The molecule has 1 N–H and O–H groups in total. The number of halogens is 1. The Bertz CT molecular complexity index is 391. The van der Waals surface area contributed by atoms with Gasteiger partial charge < -0.3 is 5.32 Å². The lowest BCUT2D eigenvalue weighted by Crippen LogP contribution is -2.20. The van der Waals surface area contributed by atoms with Gasteiger partial charge in [-0.05, 0) is 37.0 Å². The van der Waals surface area contributed by atoms with E-state index in [4.69, 9.17) is 16.9 Å². The van der Waals surface area contributed by atoms with Crippen molar-refractivity contribution >= 4 is 17.3 Å². The SMILES string of the molecule is N#Cc1cc(NCC2CCC2)ccc1Cl. The number of hydrogen-bond donors (Lipinski definition) is 1. The predicted octanol–water partition coefficient (Wildman–Crippen LogP) is 3.42. The summed E-state index contributed by atoms with van der Waals surface area (Å²) in [5.74, 6) is 0.811. The maximum Gasteiger partial charge on any atom is 0.101 e. The van der Waals surface area contributed by atoms with E-state index in [9.17, 15) is 0 Å². The van der Waals surface area contributed by atoms with Gasteiger partial charge in [0.2, 0.25) is 0 Å². The van der Waals surface area contributed by atoms with E-state index >= 15 is 0 Å². The molecule has 0 radical (unpaired) electrons. The zero-order valence-electron chi connectivity index (χ0n) is 8.46. The molecule has 0 heterocycles. The molecular weight excluding hydrogens is 208 g/mol. The van der Waals surface area contributed by atoms with E-state index in [1.165, 1.54) is 19.3 Å². The van der Waals surface area contributed by atoms with Gasteiger partial charge in [-0.15, -0.1) is 0 Å². The molecule has 1 aliphatic rings. The predicted molar refractivity (Wildman–Crippen MR) is 62.0 cm³/mol. The molecule has 0 spiro atoms. The fourth-order valence-electron chi connectivity index (χ4n) is 1.68. The standard InChI is InChI=1S/C12H13ClN2/c13-12-5-4-11(6-10(12)7-14)15-8-9-2-1-3-9/h4-6,9,15H,1-3,8H2. The highest BCUT2D eigenvalue weighted by Crippen LogP contribution is 2.27. The highest BCUT2D eigenvalue weighted by molar-refractivity contribution is 6.31. The number of nitrogens with one attached hydrogen (secondary N) is 1. The Labute approximate surface area is 94.9 Å². The quantitative estimate of drug-likeness (QED) is 0.847. The Hall–Kier alpha value is -1.20. The van der Waals surface area contributed by atoms with Crippen LogP contribution in [0.25, 0.3) is 0 Å². The van der Waals surface area contributed by atoms with Gasteiger partial charge in [-0.25, -0.2) is 0 Å². The molecule has 0 saturated heterocycles. The van der Waals surface area contributed by atoms with E-state index in [1.807, 2.05) is 6.07 Å². The zero-order valence-corrected chi connectivity index (χ0v) is 9.22. The van der Waals surface area contributed by atoms with Gasteiger partial charge in [0.25, 0.3) is 0 Å². The first-order chi connectivity index (χ1) is 7.29. The molecule has 1 saturated carbocycles. The fourth-order valence-corrected chi connectivity index (χ4v) is 1.84. The third kappa shape index (κ3) is 2.43. The van der Waals surface area contributed by atoms with Crippen LogP contribution in [0.2, 0.25) is 5.02 Å². The third-order valence-electron chi connectivity index (χ3n) is 2.91. The largest absolute Gasteiger partial charge is 0.385 e. The van der Waals surface area contributed by atoms with Gasteiger partial charge in [-0.2, -0.15) is 5.26 Å². The first-order valence-electron chi connectivity index (χ1n) is 5.23. The molecule has 2 nitrogen and oxygen atoms in total. The van der Waals surface area contributed by atoms with Crippen molar-refractivity contribution < 1.29 is 0 Å². The minimum Gasteiger partial charge on any atom is -0.385 e. The van der Waals surface area contributed by atoms with Crippen LogP contribution >= 0.6 is 11.6 Å². The maximum atomic E-state index is 8.82. The minimum absolute atomic E-state index is 0.520. The summed E-state index contributed by atoms with van der Waals surface area (Å²) in [6, 6.07) is 7.57. The second-order valence-corrected chi connectivity index (χ2v) is 4.39. The van der Waals surface area contributed by atoms with Crippen LogP contribution in [-0.4, -0.2) is 6.54 Å². The van der Waals surface area contributed by atoms with Gasteiger partial charge in [0.05, 0.1) is 10.6 Å². The van der Waals surface area contributed by atoms with Crippen molar-refractivity contribution in [1.29, 1.82) is 5.26 Å². The number of rotatable bonds is 3. The normalized spacial score (nSPS) is 15.5. The van der Waals surface area contributed by atoms with Crippen molar-refractivity contribution in [2.45, 2.75) is 19.3 Å². The molecule has 0 amide bonds. The van der Waals surface area contributed by atoms with Gasteiger partial charge in [-0.1, -0.05) is 18.0 Å². The summed E-state index contributed by atoms with van der Waals surface area (Å²) >= 11 is 5.85. The number of nitrogens with zero attached hydrogens (tertiary/aromatic N) is 1. The Morgan fingerprint density at radius 1 is 1.47 bits per heavy atom. The number of nitriles is 1. The van der Waals surface area contributed by atoms with Crippen LogP contribution in [0.4, 0.5) is 5.69 Å². The first-order valence-corrected chi connectivity index (χ1v) is 5.61. The van der Waals surface area contributed by atoms with E-state index in [-0.39, 0.29) is 0 Å².